The molecular weight excluding hydrogens is 380 g/mol. The number of hydrogen-bond donors (Lipinski definition) is 0. The highest BCUT2D eigenvalue weighted by Gasteiger charge is 2.47. The zero-order valence-electron chi connectivity index (χ0n) is 18.5. The molecule has 0 aliphatic carbocycles. The van der Waals surface area contributed by atoms with Crippen LogP contribution in [0, 0.1) is 0 Å². The van der Waals surface area contributed by atoms with Gasteiger partial charge in [-0.2, -0.15) is 0 Å². The Kier molecular flexibility index (Phi) is 15.7. The summed E-state index contributed by atoms with van der Waals surface area (Å²) >= 11 is 6.59. The van der Waals surface area contributed by atoms with Gasteiger partial charge in [-0.1, -0.05) is 65.0 Å². The maximum Gasteiger partial charge on any atom is 0.160 e. The molecule has 0 aromatic rings. The largest absolute Gasteiger partial charge is 0.379 e. The molecule has 0 radical (unpaired) electrons. The lowest BCUT2D eigenvalue weighted by atomic mass is 9.99. The van der Waals surface area contributed by atoms with Crippen LogP contribution in [-0.2, 0) is 23.7 Å². The van der Waals surface area contributed by atoms with Gasteiger partial charge in [-0.3, -0.25) is 0 Å². The van der Waals surface area contributed by atoms with Crippen molar-refractivity contribution in [2.45, 2.75) is 109 Å². The zero-order valence-corrected chi connectivity index (χ0v) is 19.3. The SMILES string of the molecule is CCCCOCC1O[C@H](Cl)[C@H](OCCCC)C(OCCCC)[C@@H]1OCCCC. The maximum atomic E-state index is 6.59. The normalized spacial score (nSPS) is 28.0. The van der Waals surface area contributed by atoms with E-state index in [1.165, 1.54) is 0 Å². The highest BCUT2D eigenvalue weighted by atomic mass is 35.5. The Morgan fingerprint density at radius 1 is 0.643 bits per heavy atom. The minimum atomic E-state index is -0.561. The van der Waals surface area contributed by atoms with Gasteiger partial charge in [0.2, 0.25) is 0 Å². The zero-order chi connectivity index (χ0) is 20.6. The van der Waals surface area contributed by atoms with E-state index in [2.05, 4.69) is 27.7 Å². The van der Waals surface area contributed by atoms with Gasteiger partial charge in [-0.05, 0) is 25.7 Å². The molecule has 5 nitrogen and oxygen atoms in total. The molecule has 0 saturated carbocycles. The standard InChI is InChI=1S/C22H43ClO5/c1-5-9-13-24-17-18-19(25-14-10-6-2)20(26-15-11-7-3)21(22(23)28-18)27-16-12-8-4/h18-22H,5-17H2,1-4H3/t18?,19-,20?,21-,22+/m1/s1. The Bertz CT molecular complexity index is 358. The summed E-state index contributed by atoms with van der Waals surface area (Å²) in [6, 6.07) is 0. The van der Waals surface area contributed by atoms with Gasteiger partial charge in [0.15, 0.2) is 5.56 Å². The summed E-state index contributed by atoms with van der Waals surface area (Å²) in [5, 5.41) is 0. The fourth-order valence-corrected chi connectivity index (χ4v) is 3.45. The molecular formula is C22H43ClO5. The quantitative estimate of drug-likeness (QED) is 0.234. The molecule has 6 heteroatoms. The molecule has 1 aliphatic heterocycles. The van der Waals surface area contributed by atoms with Crippen LogP contribution in [-0.4, -0.2) is 63.0 Å². The minimum Gasteiger partial charge on any atom is -0.379 e. The summed E-state index contributed by atoms with van der Waals surface area (Å²) in [6.07, 6.45) is 7.35. The Morgan fingerprint density at radius 3 is 1.64 bits per heavy atom. The molecule has 0 amide bonds. The lowest BCUT2D eigenvalue weighted by Crippen LogP contribution is -2.60. The highest BCUT2D eigenvalue weighted by molar-refractivity contribution is 6.20. The van der Waals surface area contributed by atoms with Crippen molar-refractivity contribution in [1.82, 2.24) is 0 Å². The van der Waals surface area contributed by atoms with E-state index in [4.69, 9.17) is 35.3 Å². The average molecular weight is 423 g/mol. The van der Waals surface area contributed by atoms with E-state index in [9.17, 15) is 0 Å². The fourth-order valence-electron chi connectivity index (χ4n) is 3.10. The molecule has 0 aromatic heterocycles. The number of rotatable bonds is 17. The van der Waals surface area contributed by atoms with Crippen LogP contribution in [0.4, 0.5) is 0 Å². The van der Waals surface area contributed by atoms with Gasteiger partial charge in [-0.25, -0.2) is 0 Å². The molecule has 0 spiro atoms. The first-order chi connectivity index (χ1) is 13.7. The van der Waals surface area contributed by atoms with Crippen LogP contribution in [0.2, 0.25) is 0 Å². The third-order valence-electron chi connectivity index (χ3n) is 4.93. The van der Waals surface area contributed by atoms with E-state index in [1.54, 1.807) is 0 Å². The third-order valence-corrected chi connectivity index (χ3v) is 5.28. The second kappa shape index (κ2) is 16.8. The number of unbranched alkanes of at least 4 members (excludes halogenated alkanes) is 4. The van der Waals surface area contributed by atoms with Gasteiger partial charge in [0.25, 0.3) is 0 Å². The first-order valence-corrected chi connectivity index (χ1v) is 11.8. The predicted octanol–water partition coefficient (Wildman–Crippen LogP) is 5.32. The Hall–Kier alpha value is 0.0900. The molecule has 28 heavy (non-hydrogen) atoms. The summed E-state index contributed by atoms with van der Waals surface area (Å²) in [5.41, 5.74) is -0.561. The van der Waals surface area contributed by atoms with Crippen molar-refractivity contribution in [2.24, 2.45) is 0 Å². The van der Waals surface area contributed by atoms with E-state index in [0.29, 0.717) is 26.4 Å². The summed E-state index contributed by atoms with van der Waals surface area (Å²) in [4.78, 5) is 0. The van der Waals surface area contributed by atoms with E-state index in [-0.39, 0.29) is 24.4 Å². The number of hydrogen-bond acceptors (Lipinski definition) is 5. The average Bonchev–Trinajstić information content (AvgIpc) is 2.69. The van der Waals surface area contributed by atoms with Gasteiger partial charge >= 0.3 is 0 Å². The molecule has 1 heterocycles. The van der Waals surface area contributed by atoms with Crippen molar-refractivity contribution in [2.75, 3.05) is 33.0 Å². The van der Waals surface area contributed by atoms with E-state index in [0.717, 1.165) is 58.0 Å². The number of alkyl halides is 1. The van der Waals surface area contributed by atoms with Crippen LogP contribution in [0.1, 0.15) is 79.1 Å². The van der Waals surface area contributed by atoms with Crippen LogP contribution < -0.4 is 0 Å². The molecule has 0 N–H and O–H groups in total. The molecule has 1 saturated heterocycles. The van der Waals surface area contributed by atoms with Gasteiger partial charge in [-0.15, -0.1) is 0 Å². The van der Waals surface area contributed by atoms with E-state index >= 15 is 0 Å². The Balaban J connectivity index is 2.84. The first kappa shape index (κ1) is 26.1. The second-order valence-electron chi connectivity index (χ2n) is 7.52. The van der Waals surface area contributed by atoms with Crippen LogP contribution in [0.15, 0.2) is 0 Å². The van der Waals surface area contributed by atoms with Crippen molar-refractivity contribution in [1.29, 1.82) is 0 Å². The van der Waals surface area contributed by atoms with Crippen molar-refractivity contribution < 1.29 is 23.7 Å². The fraction of sp³-hybridized carbons (Fsp3) is 1.00. The molecule has 0 aromatic carbocycles. The first-order valence-electron chi connectivity index (χ1n) is 11.4. The molecule has 1 aliphatic rings. The minimum absolute atomic E-state index is 0.230. The maximum absolute atomic E-state index is 6.59. The molecule has 5 atom stereocenters. The second-order valence-corrected chi connectivity index (χ2v) is 7.95. The topological polar surface area (TPSA) is 46.2 Å². The van der Waals surface area contributed by atoms with Crippen molar-refractivity contribution in [3.63, 3.8) is 0 Å². The predicted molar refractivity (Wildman–Crippen MR) is 114 cm³/mol. The lowest BCUT2D eigenvalue weighted by Gasteiger charge is -2.44. The van der Waals surface area contributed by atoms with Crippen molar-refractivity contribution in [3.05, 3.63) is 0 Å². The van der Waals surface area contributed by atoms with E-state index in [1.807, 2.05) is 0 Å². The lowest BCUT2D eigenvalue weighted by molar-refractivity contribution is -0.249. The van der Waals surface area contributed by atoms with Gasteiger partial charge < -0.3 is 23.7 Å². The number of ether oxygens (including phenoxy) is 5. The van der Waals surface area contributed by atoms with Crippen LogP contribution in [0.25, 0.3) is 0 Å². The summed E-state index contributed by atoms with van der Waals surface area (Å²) in [6.45, 7) is 11.8. The number of halogens is 1. The van der Waals surface area contributed by atoms with Gasteiger partial charge in [0.05, 0.1) is 6.61 Å². The van der Waals surface area contributed by atoms with Crippen molar-refractivity contribution in [3.8, 4) is 0 Å². The molecule has 0 bridgehead atoms. The molecule has 168 valence electrons. The molecule has 2 unspecified atom stereocenters. The monoisotopic (exact) mass is 422 g/mol. The van der Waals surface area contributed by atoms with Crippen LogP contribution in [0.3, 0.4) is 0 Å². The summed E-state index contributed by atoms with van der Waals surface area (Å²) in [7, 11) is 0. The molecule has 1 fully saturated rings. The Morgan fingerprint density at radius 2 is 1.11 bits per heavy atom. The third kappa shape index (κ3) is 9.73. The van der Waals surface area contributed by atoms with Gasteiger partial charge in [0.1, 0.15) is 24.4 Å². The van der Waals surface area contributed by atoms with E-state index < -0.39 is 5.56 Å². The van der Waals surface area contributed by atoms with Crippen molar-refractivity contribution >= 4 is 11.6 Å². The summed E-state index contributed by atoms with van der Waals surface area (Å²) < 4.78 is 30.6. The van der Waals surface area contributed by atoms with Gasteiger partial charge in [0, 0.05) is 26.4 Å². The smallest absolute Gasteiger partial charge is 0.160 e. The summed E-state index contributed by atoms with van der Waals surface area (Å²) in [5.74, 6) is 0. The van der Waals surface area contributed by atoms with Crippen LogP contribution >= 0.6 is 11.6 Å². The Labute approximate surface area is 177 Å². The van der Waals surface area contributed by atoms with Crippen LogP contribution in [0.5, 0.6) is 0 Å². The highest BCUT2D eigenvalue weighted by Crippen LogP contribution is 2.31. The molecule has 1 rings (SSSR count).